The van der Waals surface area contributed by atoms with Crippen LogP contribution in [-0.2, 0) is 0 Å². The summed E-state index contributed by atoms with van der Waals surface area (Å²) in [5.74, 6) is -0.422. The number of benzene rings is 1. The number of rotatable bonds is 4. The van der Waals surface area contributed by atoms with Crippen molar-refractivity contribution in [3.8, 4) is 0 Å². The average Bonchev–Trinajstić information content (AvgIpc) is 2.12. The van der Waals surface area contributed by atoms with Crippen LogP contribution in [0.4, 0.5) is 10.1 Å². The zero-order chi connectivity index (χ0) is 9.68. The molecule has 0 radical (unpaired) electrons. The summed E-state index contributed by atoms with van der Waals surface area (Å²) in [6.45, 7) is 0.792. The topological polar surface area (TPSA) is 32.3 Å². The number of nitrogens with one attached hydrogen (secondary N) is 1. The van der Waals surface area contributed by atoms with Crippen molar-refractivity contribution in [1.29, 1.82) is 0 Å². The molecule has 1 aromatic carbocycles. The lowest BCUT2D eigenvalue weighted by Gasteiger charge is -2.05. The number of anilines is 1. The molecule has 0 aliphatic heterocycles. The Hall–Kier alpha value is -0.800. The van der Waals surface area contributed by atoms with E-state index in [1.807, 2.05) is 0 Å². The molecule has 0 aliphatic carbocycles. The first-order chi connectivity index (χ1) is 6.24. The van der Waals surface area contributed by atoms with Gasteiger partial charge in [0.05, 0.1) is 5.02 Å². The largest absolute Gasteiger partial charge is 0.396 e. The summed E-state index contributed by atoms with van der Waals surface area (Å²) < 4.78 is 12.7. The van der Waals surface area contributed by atoms with Gasteiger partial charge in [0, 0.05) is 18.8 Å². The minimum Gasteiger partial charge on any atom is -0.396 e. The van der Waals surface area contributed by atoms with Gasteiger partial charge in [0.15, 0.2) is 0 Å². The normalized spacial score (nSPS) is 10.1. The molecule has 0 saturated carbocycles. The molecule has 0 unspecified atom stereocenters. The zero-order valence-electron chi connectivity index (χ0n) is 7.06. The third-order valence-corrected chi connectivity index (χ3v) is 1.87. The third kappa shape index (κ3) is 3.20. The Kier molecular flexibility index (Phi) is 3.99. The first kappa shape index (κ1) is 10.3. The number of halogens is 2. The molecule has 0 bridgehead atoms. The van der Waals surface area contributed by atoms with Crippen LogP contribution >= 0.6 is 11.6 Å². The van der Waals surface area contributed by atoms with E-state index in [4.69, 9.17) is 16.7 Å². The van der Waals surface area contributed by atoms with Crippen molar-refractivity contribution < 1.29 is 9.50 Å². The van der Waals surface area contributed by atoms with E-state index in [0.717, 1.165) is 5.69 Å². The molecular formula is C9H11ClFNO. The van der Waals surface area contributed by atoms with E-state index in [0.29, 0.717) is 13.0 Å². The standard InChI is InChI=1S/C9H11ClFNO/c10-8-6-7(2-3-9(8)11)12-4-1-5-13/h2-3,6,12-13H,1,4-5H2. The summed E-state index contributed by atoms with van der Waals surface area (Å²) in [5, 5.41) is 11.6. The fourth-order valence-corrected chi connectivity index (χ4v) is 1.10. The molecule has 13 heavy (non-hydrogen) atoms. The van der Waals surface area contributed by atoms with Crippen LogP contribution in [0.3, 0.4) is 0 Å². The lowest BCUT2D eigenvalue weighted by atomic mass is 10.3. The van der Waals surface area contributed by atoms with Crippen molar-refractivity contribution in [2.45, 2.75) is 6.42 Å². The Balaban J connectivity index is 2.53. The fourth-order valence-electron chi connectivity index (χ4n) is 0.918. The van der Waals surface area contributed by atoms with Crippen LogP contribution < -0.4 is 5.32 Å². The Labute approximate surface area is 81.3 Å². The van der Waals surface area contributed by atoms with Crippen LogP contribution in [0.15, 0.2) is 18.2 Å². The van der Waals surface area contributed by atoms with Gasteiger partial charge in [-0.05, 0) is 24.6 Å². The summed E-state index contributed by atoms with van der Waals surface area (Å²) in [5.41, 5.74) is 0.764. The molecule has 0 spiro atoms. The van der Waals surface area contributed by atoms with Crippen LogP contribution in [-0.4, -0.2) is 18.3 Å². The van der Waals surface area contributed by atoms with Gasteiger partial charge in [-0.2, -0.15) is 0 Å². The van der Waals surface area contributed by atoms with E-state index in [2.05, 4.69) is 5.32 Å². The first-order valence-electron chi connectivity index (χ1n) is 4.04. The Bertz CT molecular complexity index is 280. The summed E-state index contributed by atoms with van der Waals surface area (Å²) in [6, 6.07) is 4.44. The van der Waals surface area contributed by atoms with Gasteiger partial charge in [-0.15, -0.1) is 0 Å². The molecule has 0 saturated heterocycles. The van der Waals surface area contributed by atoms with Gasteiger partial charge >= 0.3 is 0 Å². The Morgan fingerprint density at radius 2 is 2.23 bits per heavy atom. The molecule has 0 fully saturated rings. The second kappa shape index (κ2) is 5.04. The minimum atomic E-state index is -0.422. The molecule has 72 valence electrons. The maximum Gasteiger partial charge on any atom is 0.141 e. The molecule has 4 heteroatoms. The highest BCUT2D eigenvalue weighted by Crippen LogP contribution is 2.18. The molecular weight excluding hydrogens is 193 g/mol. The zero-order valence-corrected chi connectivity index (χ0v) is 7.81. The number of hydrogen-bond acceptors (Lipinski definition) is 2. The van der Waals surface area contributed by atoms with E-state index >= 15 is 0 Å². The highest BCUT2D eigenvalue weighted by Gasteiger charge is 1.99. The highest BCUT2D eigenvalue weighted by molar-refractivity contribution is 6.31. The maximum atomic E-state index is 12.7. The predicted octanol–water partition coefficient (Wildman–Crippen LogP) is 2.27. The summed E-state index contributed by atoms with van der Waals surface area (Å²) >= 11 is 5.56. The molecule has 2 N–H and O–H groups in total. The van der Waals surface area contributed by atoms with Gasteiger partial charge < -0.3 is 10.4 Å². The summed E-state index contributed by atoms with van der Waals surface area (Å²) in [6.07, 6.45) is 0.662. The quantitative estimate of drug-likeness (QED) is 0.736. The SMILES string of the molecule is OCCCNc1ccc(F)c(Cl)c1. The fraction of sp³-hybridized carbons (Fsp3) is 0.333. The van der Waals surface area contributed by atoms with E-state index in [-0.39, 0.29) is 11.6 Å². The van der Waals surface area contributed by atoms with Crippen LogP contribution in [0, 0.1) is 5.82 Å². The average molecular weight is 204 g/mol. The number of hydrogen-bond donors (Lipinski definition) is 2. The molecule has 2 nitrogen and oxygen atoms in total. The molecule has 1 rings (SSSR count). The van der Waals surface area contributed by atoms with Gasteiger partial charge in [0.1, 0.15) is 5.82 Å². The van der Waals surface area contributed by atoms with Crippen LogP contribution in [0.2, 0.25) is 5.02 Å². The molecule has 0 aromatic heterocycles. The van der Waals surface area contributed by atoms with Crippen LogP contribution in [0.5, 0.6) is 0 Å². The second-order valence-corrected chi connectivity index (χ2v) is 3.04. The van der Waals surface area contributed by atoms with E-state index in [9.17, 15) is 4.39 Å². The summed E-state index contributed by atoms with van der Waals surface area (Å²) in [7, 11) is 0. The van der Waals surface area contributed by atoms with Crippen LogP contribution in [0.25, 0.3) is 0 Å². The van der Waals surface area contributed by atoms with Crippen molar-refractivity contribution in [1.82, 2.24) is 0 Å². The van der Waals surface area contributed by atoms with E-state index in [1.165, 1.54) is 12.1 Å². The Morgan fingerprint density at radius 1 is 1.46 bits per heavy atom. The van der Waals surface area contributed by atoms with Crippen LogP contribution in [0.1, 0.15) is 6.42 Å². The molecule has 0 atom stereocenters. The lowest BCUT2D eigenvalue weighted by molar-refractivity contribution is 0.292. The summed E-state index contributed by atoms with van der Waals surface area (Å²) in [4.78, 5) is 0. The van der Waals surface area contributed by atoms with Gasteiger partial charge in [-0.3, -0.25) is 0 Å². The predicted molar refractivity (Wildman–Crippen MR) is 51.6 cm³/mol. The Morgan fingerprint density at radius 3 is 2.85 bits per heavy atom. The first-order valence-corrected chi connectivity index (χ1v) is 4.41. The van der Waals surface area contributed by atoms with Gasteiger partial charge in [-0.1, -0.05) is 11.6 Å². The smallest absolute Gasteiger partial charge is 0.141 e. The van der Waals surface area contributed by atoms with Crippen molar-refractivity contribution >= 4 is 17.3 Å². The number of aliphatic hydroxyl groups is 1. The molecule has 0 aliphatic rings. The maximum absolute atomic E-state index is 12.7. The highest BCUT2D eigenvalue weighted by atomic mass is 35.5. The third-order valence-electron chi connectivity index (χ3n) is 1.58. The molecule has 0 amide bonds. The van der Waals surface area contributed by atoms with E-state index in [1.54, 1.807) is 6.07 Å². The van der Waals surface area contributed by atoms with Gasteiger partial charge in [0.2, 0.25) is 0 Å². The van der Waals surface area contributed by atoms with Gasteiger partial charge in [0.25, 0.3) is 0 Å². The second-order valence-electron chi connectivity index (χ2n) is 2.63. The van der Waals surface area contributed by atoms with Crippen molar-refractivity contribution in [3.63, 3.8) is 0 Å². The number of aliphatic hydroxyl groups excluding tert-OH is 1. The van der Waals surface area contributed by atoms with E-state index < -0.39 is 5.82 Å². The molecule has 1 aromatic rings. The lowest BCUT2D eigenvalue weighted by Crippen LogP contribution is -2.03. The monoisotopic (exact) mass is 203 g/mol. The van der Waals surface area contributed by atoms with Crippen molar-refractivity contribution in [3.05, 3.63) is 29.0 Å². The molecule has 0 heterocycles. The van der Waals surface area contributed by atoms with Crippen molar-refractivity contribution in [2.24, 2.45) is 0 Å². The minimum absolute atomic E-state index is 0.106. The van der Waals surface area contributed by atoms with Gasteiger partial charge in [-0.25, -0.2) is 4.39 Å². The van der Waals surface area contributed by atoms with Crippen molar-refractivity contribution in [2.75, 3.05) is 18.5 Å².